The van der Waals surface area contributed by atoms with E-state index in [1.54, 1.807) is 0 Å². The van der Waals surface area contributed by atoms with E-state index in [2.05, 4.69) is 14.9 Å². The molecule has 2 aromatic heterocycles. The lowest BCUT2D eigenvalue weighted by Gasteiger charge is -2.32. The Bertz CT molecular complexity index is 920. The minimum Gasteiger partial charge on any atom is -0.449 e. The van der Waals surface area contributed by atoms with E-state index < -0.39 is 0 Å². The van der Waals surface area contributed by atoms with E-state index in [1.165, 1.54) is 0 Å². The molecule has 0 radical (unpaired) electrons. The van der Waals surface area contributed by atoms with Crippen molar-refractivity contribution in [3.63, 3.8) is 0 Å². The molecule has 6 nitrogen and oxygen atoms in total. The van der Waals surface area contributed by atoms with Crippen LogP contribution >= 0.6 is 0 Å². The molecule has 0 bridgehead atoms. The number of rotatable bonds is 3. The number of hydrogen-bond acceptors (Lipinski definition) is 5. The third kappa shape index (κ3) is 2.72. The first-order chi connectivity index (χ1) is 11.6. The molecule has 2 N–H and O–H groups in total. The number of aliphatic hydroxyl groups is 1. The zero-order valence-corrected chi connectivity index (χ0v) is 13.7. The number of hydrogen-bond donors (Lipinski definition) is 2. The fourth-order valence-corrected chi connectivity index (χ4v) is 3.53. The van der Waals surface area contributed by atoms with Gasteiger partial charge in [-0.05, 0) is 50.9 Å². The third-order valence-corrected chi connectivity index (χ3v) is 4.97. The molecular formula is C18H21N3O3. The van der Waals surface area contributed by atoms with E-state index in [0.717, 1.165) is 31.3 Å². The highest BCUT2D eigenvalue weighted by Gasteiger charge is 2.23. The summed E-state index contributed by atoms with van der Waals surface area (Å²) in [6.45, 7) is 4.28. The maximum Gasteiger partial charge on any atom is 0.294 e. The zero-order valence-electron chi connectivity index (χ0n) is 13.7. The van der Waals surface area contributed by atoms with Gasteiger partial charge >= 0.3 is 0 Å². The Balaban J connectivity index is 1.61. The van der Waals surface area contributed by atoms with Crippen LogP contribution in [0.25, 0.3) is 22.1 Å². The Kier molecular flexibility index (Phi) is 3.86. The van der Waals surface area contributed by atoms with Gasteiger partial charge < -0.3 is 14.5 Å². The van der Waals surface area contributed by atoms with Crippen molar-refractivity contribution in [1.82, 2.24) is 14.9 Å². The molecule has 0 aliphatic carbocycles. The molecule has 4 rings (SSSR count). The SMILES string of the molecule is CC(O)C1CCN(Cc2nc3c(oc4ccccc43)c(=O)[nH]2)CC1. The Morgan fingerprint density at radius 2 is 2.12 bits per heavy atom. The average Bonchev–Trinajstić information content (AvgIpc) is 2.95. The number of H-pyrrole nitrogens is 1. The van der Waals surface area contributed by atoms with Crippen LogP contribution in [0.5, 0.6) is 0 Å². The summed E-state index contributed by atoms with van der Waals surface area (Å²) in [5.41, 5.74) is 1.36. The van der Waals surface area contributed by atoms with Crippen LogP contribution in [0.3, 0.4) is 0 Å². The molecule has 0 amide bonds. The van der Waals surface area contributed by atoms with Gasteiger partial charge in [-0.3, -0.25) is 9.69 Å². The minimum absolute atomic E-state index is 0.231. The molecule has 1 atom stereocenters. The van der Waals surface area contributed by atoms with Crippen LogP contribution in [0.2, 0.25) is 0 Å². The molecule has 0 saturated carbocycles. The van der Waals surface area contributed by atoms with Crippen LogP contribution in [-0.2, 0) is 6.54 Å². The number of benzene rings is 1. The van der Waals surface area contributed by atoms with Crippen LogP contribution < -0.4 is 5.56 Å². The topological polar surface area (TPSA) is 82.4 Å². The van der Waals surface area contributed by atoms with E-state index >= 15 is 0 Å². The number of aliphatic hydroxyl groups excluding tert-OH is 1. The summed E-state index contributed by atoms with van der Waals surface area (Å²) in [5, 5.41) is 10.6. The Morgan fingerprint density at radius 3 is 2.88 bits per heavy atom. The number of aromatic nitrogens is 2. The number of para-hydroxylation sites is 1. The number of likely N-dealkylation sites (tertiary alicyclic amines) is 1. The van der Waals surface area contributed by atoms with Crippen molar-refractivity contribution in [2.75, 3.05) is 13.1 Å². The molecule has 24 heavy (non-hydrogen) atoms. The second-order valence-corrected chi connectivity index (χ2v) is 6.64. The van der Waals surface area contributed by atoms with E-state index in [0.29, 0.717) is 29.4 Å². The molecule has 126 valence electrons. The molecular weight excluding hydrogens is 306 g/mol. The van der Waals surface area contributed by atoms with Gasteiger partial charge in [-0.25, -0.2) is 4.98 Å². The van der Waals surface area contributed by atoms with Crippen molar-refractivity contribution in [2.45, 2.75) is 32.4 Å². The van der Waals surface area contributed by atoms with Gasteiger partial charge in [-0.15, -0.1) is 0 Å². The van der Waals surface area contributed by atoms with Crippen LogP contribution in [-0.4, -0.2) is 39.2 Å². The van der Waals surface area contributed by atoms with Gasteiger partial charge in [0.2, 0.25) is 5.58 Å². The normalized spacial score (nSPS) is 18.4. The highest BCUT2D eigenvalue weighted by molar-refractivity contribution is 6.01. The van der Waals surface area contributed by atoms with E-state index in [9.17, 15) is 9.90 Å². The molecule has 1 unspecified atom stereocenters. The molecule has 1 saturated heterocycles. The Labute approximate surface area is 139 Å². The quantitative estimate of drug-likeness (QED) is 0.771. The lowest BCUT2D eigenvalue weighted by atomic mass is 9.92. The predicted molar refractivity (Wildman–Crippen MR) is 91.8 cm³/mol. The number of piperidine rings is 1. The summed E-state index contributed by atoms with van der Waals surface area (Å²) in [6.07, 6.45) is 1.69. The largest absolute Gasteiger partial charge is 0.449 e. The molecule has 3 aromatic rings. The van der Waals surface area contributed by atoms with Crippen molar-refractivity contribution in [1.29, 1.82) is 0 Å². The number of fused-ring (bicyclic) bond motifs is 3. The van der Waals surface area contributed by atoms with Gasteiger partial charge in [0.05, 0.1) is 12.6 Å². The van der Waals surface area contributed by atoms with E-state index in [-0.39, 0.29) is 17.2 Å². The Hall–Kier alpha value is -2.18. The summed E-state index contributed by atoms with van der Waals surface area (Å²) in [5.74, 6) is 1.03. The summed E-state index contributed by atoms with van der Waals surface area (Å²) in [4.78, 5) is 22.1. The predicted octanol–water partition coefficient (Wildman–Crippen LogP) is 2.26. The van der Waals surface area contributed by atoms with Gasteiger partial charge in [-0.2, -0.15) is 0 Å². The number of furan rings is 1. The van der Waals surface area contributed by atoms with Gasteiger partial charge in [0, 0.05) is 5.39 Å². The summed E-state index contributed by atoms with van der Waals surface area (Å²) in [7, 11) is 0. The van der Waals surface area contributed by atoms with Gasteiger partial charge in [0.15, 0.2) is 0 Å². The molecule has 1 fully saturated rings. The number of nitrogens with zero attached hydrogens (tertiary/aromatic N) is 2. The fraction of sp³-hybridized carbons (Fsp3) is 0.444. The first-order valence-corrected chi connectivity index (χ1v) is 8.42. The standard InChI is InChI=1S/C18H21N3O3/c1-11(22)12-6-8-21(9-7-12)10-15-19-16-13-4-2-3-5-14(13)24-17(16)18(23)20-15/h2-5,11-12,22H,6-10H2,1H3,(H,19,20,23). The van der Waals surface area contributed by atoms with Gasteiger partial charge in [0.25, 0.3) is 5.56 Å². The molecule has 1 aliphatic heterocycles. The molecule has 0 spiro atoms. The number of aromatic amines is 1. The summed E-state index contributed by atoms with van der Waals surface area (Å²) < 4.78 is 5.62. The van der Waals surface area contributed by atoms with Crippen molar-refractivity contribution < 1.29 is 9.52 Å². The first-order valence-electron chi connectivity index (χ1n) is 8.42. The molecule has 1 aromatic carbocycles. The van der Waals surface area contributed by atoms with Crippen molar-refractivity contribution in [3.8, 4) is 0 Å². The zero-order chi connectivity index (χ0) is 16.7. The maximum absolute atomic E-state index is 12.3. The molecule has 6 heteroatoms. The lowest BCUT2D eigenvalue weighted by molar-refractivity contribution is 0.0687. The number of nitrogens with one attached hydrogen (secondary N) is 1. The molecule has 1 aliphatic rings. The van der Waals surface area contributed by atoms with Crippen LogP contribution in [0.1, 0.15) is 25.6 Å². The summed E-state index contributed by atoms with van der Waals surface area (Å²) in [6, 6.07) is 7.56. The highest BCUT2D eigenvalue weighted by Crippen LogP contribution is 2.25. The van der Waals surface area contributed by atoms with Gasteiger partial charge in [0.1, 0.15) is 16.9 Å². The third-order valence-electron chi connectivity index (χ3n) is 4.97. The maximum atomic E-state index is 12.3. The van der Waals surface area contributed by atoms with E-state index in [4.69, 9.17) is 4.42 Å². The minimum atomic E-state index is -0.251. The smallest absolute Gasteiger partial charge is 0.294 e. The van der Waals surface area contributed by atoms with Crippen molar-refractivity contribution in [3.05, 3.63) is 40.4 Å². The highest BCUT2D eigenvalue weighted by atomic mass is 16.3. The van der Waals surface area contributed by atoms with Crippen LogP contribution in [0.4, 0.5) is 0 Å². The first kappa shape index (κ1) is 15.4. The lowest BCUT2D eigenvalue weighted by Crippen LogP contribution is -2.37. The van der Waals surface area contributed by atoms with Gasteiger partial charge in [-0.1, -0.05) is 12.1 Å². The second-order valence-electron chi connectivity index (χ2n) is 6.64. The summed E-state index contributed by atoms with van der Waals surface area (Å²) >= 11 is 0. The average molecular weight is 327 g/mol. The monoisotopic (exact) mass is 327 g/mol. The second kappa shape index (κ2) is 6.03. The Morgan fingerprint density at radius 1 is 1.38 bits per heavy atom. The van der Waals surface area contributed by atoms with Crippen molar-refractivity contribution in [2.24, 2.45) is 5.92 Å². The van der Waals surface area contributed by atoms with Crippen LogP contribution in [0.15, 0.2) is 33.5 Å². The van der Waals surface area contributed by atoms with Crippen molar-refractivity contribution >= 4 is 22.1 Å². The van der Waals surface area contributed by atoms with E-state index in [1.807, 2.05) is 31.2 Å². The van der Waals surface area contributed by atoms with Crippen LogP contribution in [0, 0.1) is 5.92 Å². The fourth-order valence-electron chi connectivity index (χ4n) is 3.53. The molecule has 3 heterocycles.